The lowest BCUT2D eigenvalue weighted by molar-refractivity contribution is 0.445. The molecule has 0 bridgehead atoms. The van der Waals surface area contributed by atoms with Crippen molar-refractivity contribution in [2.75, 3.05) is 18.9 Å². The van der Waals surface area contributed by atoms with Gasteiger partial charge >= 0.3 is 0 Å². The lowest BCUT2D eigenvalue weighted by atomic mass is 9.91. The van der Waals surface area contributed by atoms with Crippen molar-refractivity contribution in [1.29, 1.82) is 0 Å². The Hall–Kier alpha value is -2.36. The van der Waals surface area contributed by atoms with E-state index in [9.17, 15) is 8.42 Å². The maximum absolute atomic E-state index is 12.9. The maximum Gasteiger partial charge on any atom is 0.243 e. The number of hydrogen-bond donors (Lipinski definition) is 1. The average molecular weight is 458 g/mol. The van der Waals surface area contributed by atoms with Crippen LogP contribution in [0.1, 0.15) is 43.1 Å². The summed E-state index contributed by atoms with van der Waals surface area (Å²) in [4.78, 5) is 0.229. The molecule has 2 N–H and O–H groups in total. The van der Waals surface area contributed by atoms with Crippen molar-refractivity contribution in [3.63, 3.8) is 0 Å². The number of rotatable bonds is 7. The van der Waals surface area contributed by atoms with Gasteiger partial charge in [0, 0.05) is 23.9 Å². The highest BCUT2D eigenvalue weighted by Crippen LogP contribution is 2.42. The van der Waals surface area contributed by atoms with Gasteiger partial charge in [-0.15, -0.1) is 10.2 Å². The van der Waals surface area contributed by atoms with Crippen LogP contribution in [0.25, 0.3) is 11.4 Å². The average Bonchev–Trinajstić information content (AvgIpc) is 3.15. The molecule has 0 spiro atoms. The maximum atomic E-state index is 12.9. The zero-order chi connectivity index (χ0) is 22.0. The van der Waals surface area contributed by atoms with Crippen molar-refractivity contribution in [3.8, 4) is 11.4 Å². The number of nitrogens with zero attached hydrogens (tertiary/aromatic N) is 4. The molecule has 7 nitrogen and oxygen atoms in total. The summed E-state index contributed by atoms with van der Waals surface area (Å²) in [6.07, 6.45) is 3.29. The summed E-state index contributed by atoms with van der Waals surface area (Å²) in [5, 5.41) is 9.48. The first-order chi connectivity index (χ1) is 15.0. The van der Waals surface area contributed by atoms with Crippen LogP contribution in [0.5, 0.6) is 0 Å². The number of fused-ring (bicyclic) bond motifs is 1. The molecule has 1 aromatic heterocycles. The SMILES string of the molecule is CCN(CC)S(=O)(=O)c1cccc(-c2nnc(SC3CCCc4ccccc43)n2N)c1. The highest BCUT2D eigenvalue weighted by Gasteiger charge is 2.25. The predicted octanol–water partition coefficient (Wildman–Crippen LogP) is 3.86. The number of benzene rings is 2. The fourth-order valence-corrected chi connectivity index (χ4v) is 6.71. The smallest absolute Gasteiger partial charge is 0.243 e. The third-order valence-electron chi connectivity index (χ3n) is 5.66. The molecule has 164 valence electrons. The summed E-state index contributed by atoms with van der Waals surface area (Å²) < 4.78 is 28.7. The minimum absolute atomic E-state index is 0.229. The molecular formula is C22H27N5O2S2. The molecule has 4 rings (SSSR count). The minimum Gasteiger partial charge on any atom is -0.335 e. The van der Waals surface area contributed by atoms with E-state index < -0.39 is 10.0 Å². The Bertz CT molecular complexity index is 1170. The van der Waals surface area contributed by atoms with E-state index >= 15 is 0 Å². The van der Waals surface area contributed by atoms with Crippen LogP contribution in [-0.2, 0) is 16.4 Å². The molecule has 2 aromatic carbocycles. The van der Waals surface area contributed by atoms with E-state index in [1.807, 2.05) is 13.8 Å². The Kier molecular flexibility index (Phi) is 6.36. The summed E-state index contributed by atoms with van der Waals surface area (Å²) in [5.41, 5.74) is 3.33. The molecule has 0 saturated heterocycles. The van der Waals surface area contributed by atoms with Gasteiger partial charge in [-0.1, -0.05) is 62.0 Å². The standard InChI is InChI=1S/C22H27N5O2S2/c1-3-26(4-2)31(28,29)18-12-7-11-17(15-18)21-24-25-22(27(21)23)30-20-14-8-10-16-9-5-6-13-19(16)20/h5-7,9,11-13,15,20H,3-4,8,10,14,23H2,1-2H3. The summed E-state index contributed by atoms with van der Waals surface area (Å²) in [5.74, 6) is 6.80. The van der Waals surface area contributed by atoms with Crippen molar-refractivity contribution in [2.24, 2.45) is 0 Å². The summed E-state index contributed by atoms with van der Waals surface area (Å²) >= 11 is 1.61. The summed E-state index contributed by atoms with van der Waals surface area (Å²) in [6, 6.07) is 15.2. The fourth-order valence-electron chi connectivity index (χ4n) is 4.02. The second kappa shape index (κ2) is 9.02. The van der Waals surface area contributed by atoms with E-state index in [0.717, 1.165) is 19.3 Å². The molecule has 1 aliphatic carbocycles. The number of hydrogen-bond acceptors (Lipinski definition) is 6. The van der Waals surface area contributed by atoms with Gasteiger partial charge < -0.3 is 5.84 Å². The third-order valence-corrected chi connectivity index (χ3v) is 8.97. The highest BCUT2D eigenvalue weighted by molar-refractivity contribution is 7.99. The first kappa shape index (κ1) is 21.9. The van der Waals surface area contributed by atoms with Gasteiger partial charge in [0.05, 0.1) is 4.90 Å². The topological polar surface area (TPSA) is 94.1 Å². The summed E-state index contributed by atoms with van der Waals surface area (Å²) in [7, 11) is -3.56. The molecular weight excluding hydrogens is 430 g/mol. The lowest BCUT2D eigenvalue weighted by Gasteiger charge is -2.24. The Morgan fingerprint density at radius 2 is 1.90 bits per heavy atom. The molecule has 31 heavy (non-hydrogen) atoms. The van der Waals surface area contributed by atoms with E-state index in [2.05, 4.69) is 34.5 Å². The second-order valence-electron chi connectivity index (χ2n) is 7.49. The number of nitrogens with two attached hydrogens (primary N) is 1. The van der Waals surface area contributed by atoms with Crippen molar-refractivity contribution < 1.29 is 8.42 Å². The first-order valence-electron chi connectivity index (χ1n) is 10.5. The van der Waals surface area contributed by atoms with E-state index in [4.69, 9.17) is 5.84 Å². The van der Waals surface area contributed by atoms with E-state index in [0.29, 0.717) is 29.6 Å². The molecule has 0 aliphatic heterocycles. The van der Waals surface area contributed by atoms with Gasteiger partial charge in [0.25, 0.3) is 0 Å². The van der Waals surface area contributed by atoms with Crippen molar-refractivity contribution in [3.05, 3.63) is 59.7 Å². The van der Waals surface area contributed by atoms with Crippen LogP contribution in [0.15, 0.2) is 58.6 Å². The Morgan fingerprint density at radius 3 is 2.68 bits per heavy atom. The van der Waals surface area contributed by atoms with Crippen molar-refractivity contribution >= 4 is 21.8 Å². The lowest BCUT2D eigenvalue weighted by Crippen LogP contribution is -2.30. The van der Waals surface area contributed by atoms with Crippen molar-refractivity contribution in [2.45, 2.75) is 48.4 Å². The van der Waals surface area contributed by atoms with Crippen LogP contribution in [0.4, 0.5) is 0 Å². The zero-order valence-electron chi connectivity index (χ0n) is 17.7. The normalized spacial score (nSPS) is 16.4. The Balaban J connectivity index is 1.63. The van der Waals surface area contributed by atoms with Gasteiger partial charge in [-0.25, -0.2) is 13.1 Å². The van der Waals surface area contributed by atoms with Crippen LogP contribution in [-0.4, -0.2) is 40.7 Å². The van der Waals surface area contributed by atoms with Gasteiger partial charge in [0.1, 0.15) is 0 Å². The monoisotopic (exact) mass is 457 g/mol. The predicted molar refractivity (Wildman–Crippen MR) is 124 cm³/mol. The molecule has 1 atom stereocenters. The number of nitrogen functional groups attached to an aromatic ring is 1. The number of aryl methyl sites for hydroxylation is 1. The fraction of sp³-hybridized carbons (Fsp3) is 0.364. The Labute approximate surface area is 187 Å². The molecule has 0 radical (unpaired) electrons. The molecule has 0 amide bonds. The largest absolute Gasteiger partial charge is 0.335 e. The van der Waals surface area contributed by atoms with Crippen LogP contribution in [0.3, 0.4) is 0 Å². The number of aromatic nitrogens is 3. The van der Waals surface area contributed by atoms with E-state index in [-0.39, 0.29) is 10.1 Å². The second-order valence-corrected chi connectivity index (χ2v) is 10.6. The quantitative estimate of drug-likeness (QED) is 0.542. The molecule has 3 aromatic rings. The third kappa shape index (κ3) is 4.22. The van der Waals surface area contributed by atoms with Gasteiger partial charge in [-0.3, -0.25) is 0 Å². The summed E-state index contributed by atoms with van der Waals surface area (Å²) in [6.45, 7) is 4.49. The molecule has 1 aliphatic rings. The minimum atomic E-state index is -3.56. The van der Waals surface area contributed by atoms with Gasteiger partial charge in [0.15, 0.2) is 5.82 Å². The molecule has 9 heteroatoms. The molecule has 1 unspecified atom stereocenters. The van der Waals surface area contributed by atoms with Crippen LogP contribution in [0.2, 0.25) is 0 Å². The van der Waals surface area contributed by atoms with Crippen LogP contribution >= 0.6 is 11.8 Å². The molecule has 1 heterocycles. The van der Waals surface area contributed by atoms with Crippen molar-refractivity contribution in [1.82, 2.24) is 19.2 Å². The van der Waals surface area contributed by atoms with Gasteiger partial charge in [-0.2, -0.15) is 4.31 Å². The van der Waals surface area contributed by atoms with Crippen LogP contribution in [0, 0.1) is 0 Å². The molecule has 0 saturated carbocycles. The highest BCUT2D eigenvalue weighted by atomic mass is 32.2. The number of thioether (sulfide) groups is 1. The zero-order valence-corrected chi connectivity index (χ0v) is 19.4. The first-order valence-corrected chi connectivity index (χ1v) is 12.8. The van der Waals surface area contributed by atoms with E-state index in [1.54, 1.807) is 36.0 Å². The van der Waals surface area contributed by atoms with E-state index in [1.165, 1.54) is 20.1 Å². The van der Waals surface area contributed by atoms with Crippen LogP contribution < -0.4 is 5.84 Å². The van der Waals surface area contributed by atoms with Gasteiger partial charge in [0.2, 0.25) is 15.2 Å². The van der Waals surface area contributed by atoms with Gasteiger partial charge in [-0.05, 0) is 42.5 Å². The molecule has 0 fully saturated rings. The Morgan fingerprint density at radius 1 is 1.13 bits per heavy atom. The number of sulfonamides is 1.